The van der Waals surface area contributed by atoms with Gasteiger partial charge in [-0.1, -0.05) is 46.8 Å². The lowest BCUT2D eigenvalue weighted by molar-refractivity contribution is -0.139. The van der Waals surface area contributed by atoms with Crippen molar-refractivity contribution in [2.24, 2.45) is 10.9 Å². The second-order valence-electron chi connectivity index (χ2n) is 9.13. The summed E-state index contributed by atoms with van der Waals surface area (Å²) >= 11 is 0. The van der Waals surface area contributed by atoms with Crippen LogP contribution in [0.3, 0.4) is 0 Å². The van der Waals surface area contributed by atoms with Crippen LogP contribution >= 0.6 is 0 Å². The molecule has 0 aromatic heterocycles. The van der Waals surface area contributed by atoms with E-state index in [9.17, 15) is 4.79 Å². The molecule has 0 amide bonds. The van der Waals surface area contributed by atoms with Gasteiger partial charge in [-0.3, -0.25) is 0 Å². The van der Waals surface area contributed by atoms with E-state index in [1.807, 2.05) is 39.8 Å². The molecule has 0 bridgehead atoms. The Labute approximate surface area is 166 Å². The van der Waals surface area contributed by atoms with Crippen LogP contribution < -0.4 is 0 Å². The third-order valence-corrected chi connectivity index (χ3v) is 9.48. The summed E-state index contributed by atoms with van der Waals surface area (Å²) in [6, 6.07) is 8.01. The van der Waals surface area contributed by atoms with Crippen molar-refractivity contribution in [2.75, 3.05) is 6.61 Å². The van der Waals surface area contributed by atoms with Crippen molar-refractivity contribution < 1.29 is 14.0 Å². The first-order valence-corrected chi connectivity index (χ1v) is 12.8. The van der Waals surface area contributed by atoms with Crippen LogP contribution in [0.15, 0.2) is 29.3 Å². The van der Waals surface area contributed by atoms with Crippen LogP contribution in [-0.2, 0) is 20.4 Å². The Morgan fingerprint density at radius 3 is 2.07 bits per heavy atom. The van der Waals surface area contributed by atoms with Crippen molar-refractivity contribution >= 4 is 25.7 Å². The minimum atomic E-state index is -1.70. The number of nitrogens with zero attached hydrogens (tertiary/aromatic N) is 1. The molecule has 4 nitrogen and oxygen atoms in total. The second-order valence-corrected chi connectivity index (χ2v) is 13.9. The number of benzene rings is 1. The average molecular weight is 392 g/mol. The van der Waals surface area contributed by atoms with Gasteiger partial charge in [-0.05, 0) is 56.1 Å². The van der Waals surface area contributed by atoms with Crippen LogP contribution in [0.5, 0.6) is 0 Å². The van der Waals surface area contributed by atoms with Gasteiger partial charge < -0.3 is 9.16 Å². The number of ether oxygens (including phenoxy) is 1. The summed E-state index contributed by atoms with van der Waals surface area (Å²) < 4.78 is 11.5. The van der Waals surface area contributed by atoms with E-state index in [4.69, 9.17) is 9.16 Å². The fraction of sp³-hybridized carbons (Fsp3) is 0.636. The number of rotatable bonds is 8. The van der Waals surface area contributed by atoms with E-state index in [1.54, 1.807) is 0 Å². The van der Waals surface area contributed by atoms with E-state index in [0.29, 0.717) is 5.71 Å². The molecule has 0 aliphatic rings. The van der Waals surface area contributed by atoms with Gasteiger partial charge in [-0.25, -0.2) is 9.79 Å². The fourth-order valence-electron chi connectivity index (χ4n) is 2.20. The maximum atomic E-state index is 12.2. The Hall–Kier alpha value is -1.46. The molecule has 1 aromatic carbocycles. The molecular formula is C22H37NO3Si. The predicted octanol–water partition coefficient (Wildman–Crippen LogP) is 5.93. The zero-order valence-electron chi connectivity index (χ0n) is 18.6. The van der Waals surface area contributed by atoms with E-state index in [0.717, 1.165) is 18.7 Å². The molecule has 0 spiro atoms. The molecule has 0 unspecified atom stereocenters. The predicted molar refractivity (Wildman–Crippen MR) is 116 cm³/mol. The largest absolute Gasteiger partial charge is 0.458 e. The maximum Gasteiger partial charge on any atom is 0.353 e. The SMILES string of the molecule is CC(C)OC(=O)C(=Nc1ccc(CCO[Si](C)(C)C(C)(C)C)cc1)C(C)C. The summed E-state index contributed by atoms with van der Waals surface area (Å²) in [7, 11) is -1.70. The van der Waals surface area contributed by atoms with Gasteiger partial charge in [-0.2, -0.15) is 0 Å². The van der Waals surface area contributed by atoms with Gasteiger partial charge in [-0.15, -0.1) is 0 Å². The van der Waals surface area contributed by atoms with E-state index in [1.165, 1.54) is 5.56 Å². The van der Waals surface area contributed by atoms with Crippen molar-refractivity contribution in [2.45, 2.75) is 79.1 Å². The van der Waals surface area contributed by atoms with E-state index < -0.39 is 8.32 Å². The van der Waals surface area contributed by atoms with Crippen molar-refractivity contribution in [1.29, 1.82) is 0 Å². The summed E-state index contributed by atoms with van der Waals surface area (Å²) in [5.74, 6) is -0.333. The molecule has 0 fully saturated rings. The van der Waals surface area contributed by atoms with E-state index >= 15 is 0 Å². The Balaban J connectivity index is 2.76. The Bertz CT molecular complexity index is 641. The molecule has 0 aliphatic heterocycles. The normalized spacial score (nSPS) is 13.4. The molecule has 0 aliphatic carbocycles. The zero-order chi connectivity index (χ0) is 20.8. The van der Waals surface area contributed by atoms with Crippen LogP contribution in [0.4, 0.5) is 5.69 Å². The third-order valence-electron chi connectivity index (χ3n) is 4.94. The van der Waals surface area contributed by atoms with Crippen LogP contribution in [0.25, 0.3) is 0 Å². The van der Waals surface area contributed by atoms with Crippen molar-refractivity contribution in [3.05, 3.63) is 29.8 Å². The molecule has 5 heteroatoms. The molecule has 0 radical (unpaired) electrons. The van der Waals surface area contributed by atoms with Crippen molar-refractivity contribution in [3.8, 4) is 0 Å². The first kappa shape index (κ1) is 23.6. The van der Waals surface area contributed by atoms with Gasteiger partial charge in [0.05, 0.1) is 11.8 Å². The number of hydrogen-bond acceptors (Lipinski definition) is 4. The smallest absolute Gasteiger partial charge is 0.353 e. The monoisotopic (exact) mass is 391 g/mol. The lowest BCUT2D eigenvalue weighted by Gasteiger charge is -2.36. The average Bonchev–Trinajstić information content (AvgIpc) is 2.51. The van der Waals surface area contributed by atoms with Crippen LogP contribution in [0.1, 0.15) is 54.0 Å². The second kappa shape index (κ2) is 9.65. The Morgan fingerprint density at radius 2 is 1.63 bits per heavy atom. The van der Waals surface area contributed by atoms with Gasteiger partial charge >= 0.3 is 5.97 Å². The third kappa shape index (κ3) is 7.58. The van der Waals surface area contributed by atoms with Crippen molar-refractivity contribution in [3.63, 3.8) is 0 Å². The van der Waals surface area contributed by atoms with Crippen LogP contribution in [0, 0.1) is 5.92 Å². The Kier molecular flexibility index (Phi) is 8.42. The van der Waals surface area contributed by atoms with E-state index in [2.05, 4.69) is 51.0 Å². The highest BCUT2D eigenvalue weighted by Gasteiger charge is 2.36. The number of hydrogen-bond donors (Lipinski definition) is 0. The topological polar surface area (TPSA) is 47.9 Å². The fourth-order valence-corrected chi connectivity index (χ4v) is 3.25. The van der Waals surface area contributed by atoms with Crippen LogP contribution in [-0.4, -0.2) is 32.7 Å². The molecule has 0 atom stereocenters. The summed E-state index contributed by atoms with van der Waals surface area (Å²) in [5.41, 5.74) is 2.44. The van der Waals surface area contributed by atoms with Gasteiger partial charge in [0, 0.05) is 12.5 Å². The standard InChI is InChI=1S/C22H37NO3Si/c1-16(2)20(21(24)26-17(3)4)23-19-12-10-18(11-13-19)14-15-25-27(8,9)22(5,6)7/h10-13,16-17H,14-15H2,1-9H3. The quantitative estimate of drug-likeness (QED) is 0.313. The van der Waals surface area contributed by atoms with Crippen molar-refractivity contribution in [1.82, 2.24) is 0 Å². The molecule has 0 N–H and O–H groups in total. The number of aliphatic imine (C=N–C) groups is 1. The minimum absolute atomic E-state index is 0.00825. The molecule has 1 rings (SSSR count). The summed E-state index contributed by atoms with van der Waals surface area (Å²) in [6.07, 6.45) is 0.730. The first-order chi connectivity index (χ1) is 12.3. The lowest BCUT2D eigenvalue weighted by Crippen LogP contribution is -2.41. The highest BCUT2D eigenvalue weighted by molar-refractivity contribution is 6.74. The summed E-state index contributed by atoms with van der Waals surface area (Å²) in [4.78, 5) is 16.7. The zero-order valence-corrected chi connectivity index (χ0v) is 19.6. The summed E-state index contributed by atoms with van der Waals surface area (Å²) in [6.45, 7) is 19.6. The first-order valence-electron chi connectivity index (χ1n) is 9.86. The lowest BCUT2D eigenvalue weighted by atomic mass is 10.1. The summed E-state index contributed by atoms with van der Waals surface area (Å²) in [5, 5.41) is 0.226. The van der Waals surface area contributed by atoms with Gasteiger partial charge in [0.2, 0.25) is 0 Å². The number of carbonyl (C=O) groups is 1. The molecule has 152 valence electrons. The highest BCUT2D eigenvalue weighted by Crippen LogP contribution is 2.36. The van der Waals surface area contributed by atoms with Gasteiger partial charge in [0.15, 0.2) is 8.32 Å². The number of carbonyl (C=O) groups excluding carboxylic acids is 1. The maximum absolute atomic E-state index is 12.2. The molecule has 0 saturated heterocycles. The van der Waals surface area contributed by atoms with Gasteiger partial charge in [0.1, 0.15) is 5.71 Å². The molecular weight excluding hydrogens is 354 g/mol. The minimum Gasteiger partial charge on any atom is -0.458 e. The molecule has 1 aromatic rings. The van der Waals surface area contributed by atoms with Gasteiger partial charge in [0.25, 0.3) is 0 Å². The number of esters is 1. The Morgan fingerprint density at radius 1 is 1.07 bits per heavy atom. The molecule has 0 heterocycles. The van der Waals surface area contributed by atoms with E-state index in [-0.39, 0.29) is 23.0 Å². The highest BCUT2D eigenvalue weighted by atomic mass is 28.4. The molecule has 27 heavy (non-hydrogen) atoms. The molecule has 0 saturated carbocycles. The van der Waals surface area contributed by atoms with Crippen LogP contribution in [0.2, 0.25) is 18.1 Å².